The number of aliphatic imine (C=N–C) groups is 1. The van der Waals surface area contributed by atoms with Gasteiger partial charge in [0.15, 0.2) is 0 Å². The van der Waals surface area contributed by atoms with E-state index in [1.807, 2.05) is 13.0 Å². The molecule has 1 fully saturated rings. The van der Waals surface area contributed by atoms with E-state index >= 15 is 0 Å². The summed E-state index contributed by atoms with van der Waals surface area (Å²) >= 11 is 0. The normalized spacial score (nSPS) is 18.5. The number of rotatable bonds is 2. The molecule has 1 saturated carbocycles. The molecule has 0 radical (unpaired) electrons. The Morgan fingerprint density at radius 3 is 2.59 bits per heavy atom. The molecule has 1 aromatic rings. The summed E-state index contributed by atoms with van der Waals surface area (Å²) in [7, 11) is 0. The zero-order chi connectivity index (χ0) is 12.3. The van der Waals surface area contributed by atoms with Crippen LogP contribution >= 0.6 is 0 Å². The summed E-state index contributed by atoms with van der Waals surface area (Å²) in [6, 6.07) is 5.00. The summed E-state index contributed by atoms with van der Waals surface area (Å²) in [5, 5.41) is 0. The SMILES string of the molecule is Cc1cccc(F)c1C1(N=C=O)CCCCC1. The predicted octanol–water partition coefficient (Wildman–Crippen LogP) is 3.63. The van der Waals surface area contributed by atoms with E-state index in [1.54, 1.807) is 12.1 Å². The van der Waals surface area contributed by atoms with E-state index in [-0.39, 0.29) is 5.82 Å². The number of nitrogens with zero attached hydrogens (tertiary/aromatic N) is 1. The summed E-state index contributed by atoms with van der Waals surface area (Å²) in [5.41, 5.74) is 0.782. The Morgan fingerprint density at radius 1 is 1.29 bits per heavy atom. The van der Waals surface area contributed by atoms with Crippen LogP contribution in [-0.2, 0) is 10.3 Å². The van der Waals surface area contributed by atoms with Crippen molar-refractivity contribution in [3.8, 4) is 0 Å². The van der Waals surface area contributed by atoms with Crippen molar-refractivity contribution in [3.63, 3.8) is 0 Å². The second-order valence-electron chi connectivity index (χ2n) is 4.73. The Labute approximate surface area is 101 Å². The van der Waals surface area contributed by atoms with Gasteiger partial charge in [-0.25, -0.2) is 9.18 Å². The van der Waals surface area contributed by atoms with Crippen LogP contribution in [0.1, 0.15) is 43.2 Å². The van der Waals surface area contributed by atoms with E-state index in [0.717, 1.165) is 37.7 Å². The van der Waals surface area contributed by atoms with Gasteiger partial charge >= 0.3 is 0 Å². The first-order valence-electron chi connectivity index (χ1n) is 6.04. The lowest BCUT2D eigenvalue weighted by molar-refractivity contribution is 0.293. The molecule has 0 atom stereocenters. The maximum absolute atomic E-state index is 14.0. The van der Waals surface area contributed by atoms with Crippen LogP contribution in [0.3, 0.4) is 0 Å². The van der Waals surface area contributed by atoms with Crippen molar-refractivity contribution in [3.05, 3.63) is 35.1 Å². The van der Waals surface area contributed by atoms with Crippen molar-refractivity contribution < 1.29 is 9.18 Å². The van der Waals surface area contributed by atoms with Gasteiger partial charge < -0.3 is 0 Å². The van der Waals surface area contributed by atoms with Crippen molar-refractivity contribution in [2.45, 2.75) is 44.6 Å². The molecule has 0 saturated heterocycles. The Bertz CT molecular complexity index is 437. The standard InChI is InChI=1S/C14H16FNO/c1-11-6-5-7-12(15)13(11)14(16-10-17)8-3-2-4-9-14/h5-7H,2-4,8-9H2,1H3. The molecule has 3 heteroatoms. The third-order valence-corrected chi connectivity index (χ3v) is 3.63. The fourth-order valence-corrected chi connectivity index (χ4v) is 2.86. The number of hydrogen-bond donors (Lipinski definition) is 0. The first-order valence-corrected chi connectivity index (χ1v) is 6.04. The van der Waals surface area contributed by atoms with Gasteiger partial charge in [0.05, 0.1) is 0 Å². The van der Waals surface area contributed by atoms with Gasteiger partial charge in [-0.15, -0.1) is 0 Å². The number of isocyanates is 1. The molecule has 90 valence electrons. The van der Waals surface area contributed by atoms with Crippen LogP contribution in [-0.4, -0.2) is 6.08 Å². The first-order chi connectivity index (χ1) is 8.19. The number of hydrogen-bond acceptors (Lipinski definition) is 2. The van der Waals surface area contributed by atoms with E-state index in [2.05, 4.69) is 4.99 Å². The third-order valence-electron chi connectivity index (χ3n) is 3.63. The molecule has 0 amide bonds. The smallest absolute Gasteiger partial charge is 0.211 e. The molecule has 0 heterocycles. The van der Waals surface area contributed by atoms with Crippen molar-refractivity contribution >= 4 is 6.08 Å². The van der Waals surface area contributed by atoms with Gasteiger partial charge in [0.2, 0.25) is 6.08 Å². The quantitative estimate of drug-likeness (QED) is 0.566. The molecule has 1 aliphatic rings. The Morgan fingerprint density at radius 2 is 2.00 bits per heavy atom. The Kier molecular flexibility index (Phi) is 3.39. The predicted molar refractivity (Wildman–Crippen MR) is 64.0 cm³/mol. The minimum absolute atomic E-state index is 0.258. The fourth-order valence-electron chi connectivity index (χ4n) is 2.86. The van der Waals surface area contributed by atoms with Crippen molar-refractivity contribution in [2.75, 3.05) is 0 Å². The van der Waals surface area contributed by atoms with Crippen LogP contribution in [0.5, 0.6) is 0 Å². The van der Waals surface area contributed by atoms with Crippen LogP contribution in [0.2, 0.25) is 0 Å². The average molecular weight is 233 g/mol. The molecule has 2 nitrogen and oxygen atoms in total. The van der Waals surface area contributed by atoms with Gasteiger partial charge in [0.1, 0.15) is 11.4 Å². The van der Waals surface area contributed by atoms with Gasteiger partial charge in [0.25, 0.3) is 0 Å². The van der Waals surface area contributed by atoms with E-state index < -0.39 is 5.54 Å². The average Bonchev–Trinajstić information content (AvgIpc) is 2.30. The maximum atomic E-state index is 14.0. The van der Waals surface area contributed by atoms with Gasteiger partial charge in [-0.05, 0) is 31.4 Å². The van der Waals surface area contributed by atoms with E-state index in [9.17, 15) is 9.18 Å². The summed E-state index contributed by atoms with van der Waals surface area (Å²) in [4.78, 5) is 14.6. The molecule has 2 rings (SSSR count). The number of benzene rings is 1. The van der Waals surface area contributed by atoms with Crippen molar-refractivity contribution in [1.29, 1.82) is 0 Å². The van der Waals surface area contributed by atoms with Crippen molar-refractivity contribution in [1.82, 2.24) is 0 Å². The zero-order valence-corrected chi connectivity index (χ0v) is 10.0. The first kappa shape index (κ1) is 12.0. The van der Waals surface area contributed by atoms with Crippen LogP contribution in [0.4, 0.5) is 4.39 Å². The highest BCUT2D eigenvalue weighted by Gasteiger charge is 2.37. The molecule has 0 aromatic heterocycles. The lowest BCUT2D eigenvalue weighted by atomic mass is 9.75. The Balaban J connectivity index is 2.56. The van der Waals surface area contributed by atoms with Gasteiger partial charge in [-0.1, -0.05) is 31.4 Å². The highest BCUT2D eigenvalue weighted by Crippen LogP contribution is 2.42. The molecular weight excluding hydrogens is 217 g/mol. The maximum Gasteiger partial charge on any atom is 0.235 e. The number of carbonyl (C=O) groups excluding carboxylic acids is 1. The monoisotopic (exact) mass is 233 g/mol. The largest absolute Gasteiger partial charge is 0.235 e. The highest BCUT2D eigenvalue weighted by molar-refractivity contribution is 5.41. The van der Waals surface area contributed by atoms with Crippen LogP contribution in [0, 0.1) is 12.7 Å². The summed E-state index contributed by atoms with van der Waals surface area (Å²) in [6.45, 7) is 1.87. The molecule has 0 spiro atoms. The van der Waals surface area contributed by atoms with E-state index in [4.69, 9.17) is 0 Å². The van der Waals surface area contributed by atoms with Crippen LogP contribution < -0.4 is 0 Å². The second kappa shape index (κ2) is 4.80. The van der Waals surface area contributed by atoms with Crippen LogP contribution in [0.15, 0.2) is 23.2 Å². The molecule has 0 unspecified atom stereocenters. The molecule has 0 N–H and O–H groups in total. The molecular formula is C14H16FNO. The number of halogens is 1. The molecule has 0 bridgehead atoms. The molecule has 1 aromatic carbocycles. The van der Waals surface area contributed by atoms with Gasteiger partial charge in [0, 0.05) is 5.56 Å². The van der Waals surface area contributed by atoms with Crippen molar-refractivity contribution in [2.24, 2.45) is 4.99 Å². The number of aryl methyl sites for hydroxylation is 1. The minimum Gasteiger partial charge on any atom is -0.211 e. The lowest BCUT2D eigenvalue weighted by Gasteiger charge is -2.33. The molecule has 1 aliphatic carbocycles. The second-order valence-corrected chi connectivity index (χ2v) is 4.73. The van der Waals surface area contributed by atoms with Gasteiger partial charge in [-0.3, -0.25) is 0 Å². The third kappa shape index (κ3) is 2.16. The summed E-state index contributed by atoms with van der Waals surface area (Å²) in [6.07, 6.45) is 6.22. The van der Waals surface area contributed by atoms with Gasteiger partial charge in [-0.2, -0.15) is 4.99 Å². The fraction of sp³-hybridized carbons (Fsp3) is 0.500. The Hall–Kier alpha value is -1.47. The van der Waals surface area contributed by atoms with E-state index in [0.29, 0.717) is 5.56 Å². The van der Waals surface area contributed by atoms with E-state index in [1.165, 1.54) is 6.07 Å². The molecule has 17 heavy (non-hydrogen) atoms. The topological polar surface area (TPSA) is 29.4 Å². The zero-order valence-electron chi connectivity index (χ0n) is 10.0. The summed E-state index contributed by atoms with van der Waals surface area (Å²) < 4.78 is 14.0. The minimum atomic E-state index is -0.671. The lowest BCUT2D eigenvalue weighted by Crippen LogP contribution is -2.29. The highest BCUT2D eigenvalue weighted by atomic mass is 19.1. The summed E-state index contributed by atoms with van der Waals surface area (Å²) in [5.74, 6) is -0.258. The van der Waals surface area contributed by atoms with Crippen LogP contribution in [0.25, 0.3) is 0 Å². The molecule has 0 aliphatic heterocycles.